The summed E-state index contributed by atoms with van der Waals surface area (Å²) in [5.74, 6) is -0.585. The molecule has 0 amide bonds. The SMILES string of the molecule is Cc1cc(F)cc(C(=O)c2c[nH]c3cccc(Br)c23)c1. The lowest BCUT2D eigenvalue weighted by molar-refractivity contribution is 0.104. The molecule has 0 fully saturated rings. The molecule has 0 radical (unpaired) electrons. The van der Waals surface area contributed by atoms with E-state index in [2.05, 4.69) is 20.9 Å². The molecule has 20 heavy (non-hydrogen) atoms. The van der Waals surface area contributed by atoms with Gasteiger partial charge in [0.05, 0.1) is 0 Å². The standard InChI is InChI=1S/C16H11BrFNO/c1-9-5-10(7-11(18)6-9)16(20)12-8-19-14-4-2-3-13(17)15(12)14/h2-8,19H,1H3. The molecular weight excluding hydrogens is 321 g/mol. The lowest BCUT2D eigenvalue weighted by atomic mass is 10.0. The zero-order chi connectivity index (χ0) is 14.3. The molecule has 1 heterocycles. The first-order valence-electron chi connectivity index (χ1n) is 6.14. The fraction of sp³-hybridized carbons (Fsp3) is 0.0625. The van der Waals surface area contributed by atoms with E-state index in [0.29, 0.717) is 11.1 Å². The summed E-state index contributed by atoms with van der Waals surface area (Å²) < 4.78 is 14.3. The molecule has 3 aromatic rings. The Morgan fingerprint density at radius 1 is 1.25 bits per heavy atom. The number of hydrogen-bond donors (Lipinski definition) is 1. The van der Waals surface area contributed by atoms with Gasteiger partial charge < -0.3 is 4.98 Å². The Morgan fingerprint density at radius 3 is 2.80 bits per heavy atom. The molecule has 4 heteroatoms. The highest BCUT2D eigenvalue weighted by atomic mass is 79.9. The van der Waals surface area contributed by atoms with Gasteiger partial charge in [0.1, 0.15) is 5.82 Å². The minimum Gasteiger partial charge on any atom is -0.360 e. The van der Waals surface area contributed by atoms with Crippen molar-refractivity contribution in [2.75, 3.05) is 0 Å². The van der Waals surface area contributed by atoms with E-state index < -0.39 is 5.82 Å². The molecule has 2 aromatic carbocycles. The summed E-state index contributed by atoms with van der Waals surface area (Å²) in [5.41, 5.74) is 2.50. The second-order valence-corrected chi connectivity index (χ2v) is 5.57. The van der Waals surface area contributed by atoms with Crippen LogP contribution in [0.5, 0.6) is 0 Å². The predicted octanol–water partition coefficient (Wildman–Crippen LogP) is 4.61. The number of halogens is 2. The van der Waals surface area contributed by atoms with Crippen LogP contribution >= 0.6 is 15.9 Å². The third kappa shape index (κ3) is 2.16. The highest BCUT2D eigenvalue weighted by Gasteiger charge is 2.16. The molecule has 0 aliphatic carbocycles. The van der Waals surface area contributed by atoms with Gasteiger partial charge >= 0.3 is 0 Å². The normalized spacial score (nSPS) is 10.9. The first kappa shape index (κ1) is 13.1. The topological polar surface area (TPSA) is 32.9 Å². The molecule has 3 rings (SSSR count). The molecule has 1 aromatic heterocycles. The van der Waals surface area contributed by atoms with Crippen molar-refractivity contribution in [3.05, 3.63) is 69.6 Å². The summed E-state index contributed by atoms with van der Waals surface area (Å²) in [6, 6.07) is 10.0. The number of benzene rings is 2. The predicted molar refractivity (Wildman–Crippen MR) is 80.6 cm³/mol. The van der Waals surface area contributed by atoms with Crippen molar-refractivity contribution in [1.29, 1.82) is 0 Å². The van der Waals surface area contributed by atoms with Crippen LogP contribution in [0.4, 0.5) is 4.39 Å². The van der Waals surface area contributed by atoms with Crippen molar-refractivity contribution < 1.29 is 9.18 Å². The molecule has 0 spiro atoms. The number of hydrogen-bond acceptors (Lipinski definition) is 1. The van der Waals surface area contributed by atoms with Crippen molar-refractivity contribution in [3.63, 3.8) is 0 Å². The average Bonchev–Trinajstić information content (AvgIpc) is 2.82. The van der Waals surface area contributed by atoms with Gasteiger partial charge in [0.15, 0.2) is 5.78 Å². The monoisotopic (exact) mass is 331 g/mol. The number of rotatable bonds is 2. The molecule has 0 bridgehead atoms. The number of aromatic nitrogens is 1. The van der Waals surface area contributed by atoms with E-state index in [0.717, 1.165) is 20.9 Å². The highest BCUT2D eigenvalue weighted by molar-refractivity contribution is 9.10. The van der Waals surface area contributed by atoms with Crippen LogP contribution in [0.2, 0.25) is 0 Å². The Balaban J connectivity index is 2.18. The zero-order valence-corrected chi connectivity index (χ0v) is 12.3. The summed E-state index contributed by atoms with van der Waals surface area (Å²) in [6.07, 6.45) is 1.66. The van der Waals surface area contributed by atoms with Gasteiger partial charge in [-0.2, -0.15) is 0 Å². The number of fused-ring (bicyclic) bond motifs is 1. The number of carbonyl (C=O) groups is 1. The Hall–Kier alpha value is -1.94. The Labute approximate surface area is 123 Å². The Morgan fingerprint density at radius 2 is 2.05 bits per heavy atom. The minimum atomic E-state index is -0.396. The van der Waals surface area contributed by atoms with Gasteiger partial charge in [-0.25, -0.2) is 4.39 Å². The van der Waals surface area contributed by atoms with Gasteiger partial charge in [0.25, 0.3) is 0 Å². The van der Waals surface area contributed by atoms with Crippen molar-refractivity contribution in [3.8, 4) is 0 Å². The van der Waals surface area contributed by atoms with Crippen LogP contribution in [0.25, 0.3) is 10.9 Å². The van der Waals surface area contributed by atoms with E-state index >= 15 is 0 Å². The minimum absolute atomic E-state index is 0.189. The summed E-state index contributed by atoms with van der Waals surface area (Å²) in [6.45, 7) is 1.77. The smallest absolute Gasteiger partial charge is 0.195 e. The van der Waals surface area contributed by atoms with Crippen LogP contribution in [0.15, 0.2) is 47.1 Å². The summed E-state index contributed by atoms with van der Waals surface area (Å²) >= 11 is 3.45. The van der Waals surface area contributed by atoms with Crippen molar-refractivity contribution in [2.24, 2.45) is 0 Å². The fourth-order valence-corrected chi connectivity index (χ4v) is 2.92. The van der Waals surface area contributed by atoms with Crippen LogP contribution in [0.3, 0.4) is 0 Å². The lowest BCUT2D eigenvalue weighted by Gasteiger charge is -2.03. The average molecular weight is 332 g/mol. The van der Waals surface area contributed by atoms with E-state index in [-0.39, 0.29) is 5.78 Å². The molecule has 0 saturated heterocycles. The maximum absolute atomic E-state index is 13.5. The maximum atomic E-state index is 13.5. The molecule has 0 aliphatic heterocycles. The van der Waals surface area contributed by atoms with Gasteiger partial charge in [-0.15, -0.1) is 0 Å². The number of aromatic amines is 1. The third-order valence-corrected chi connectivity index (χ3v) is 3.86. The van der Waals surface area contributed by atoms with Crippen molar-refractivity contribution >= 4 is 32.6 Å². The maximum Gasteiger partial charge on any atom is 0.195 e. The number of nitrogens with one attached hydrogen (secondary N) is 1. The molecule has 0 atom stereocenters. The number of H-pyrrole nitrogens is 1. The van der Waals surface area contributed by atoms with Gasteiger partial charge in [0.2, 0.25) is 0 Å². The van der Waals surface area contributed by atoms with Crippen LogP contribution in [0, 0.1) is 12.7 Å². The molecule has 0 aliphatic rings. The number of ketones is 1. The second kappa shape index (κ2) is 4.87. The van der Waals surface area contributed by atoms with E-state index in [1.54, 1.807) is 19.2 Å². The molecule has 100 valence electrons. The Bertz CT molecular complexity index is 802. The zero-order valence-electron chi connectivity index (χ0n) is 10.7. The number of carbonyl (C=O) groups excluding carboxylic acids is 1. The van der Waals surface area contributed by atoms with E-state index in [1.165, 1.54) is 12.1 Å². The fourth-order valence-electron chi connectivity index (χ4n) is 2.34. The Kier molecular flexibility index (Phi) is 3.18. The van der Waals surface area contributed by atoms with Gasteiger partial charge in [0, 0.05) is 32.7 Å². The summed E-state index contributed by atoms with van der Waals surface area (Å²) in [4.78, 5) is 15.6. The van der Waals surface area contributed by atoms with Crippen LogP contribution in [-0.2, 0) is 0 Å². The molecule has 0 saturated carbocycles. The van der Waals surface area contributed by atoms with E-state index in [1.807, 2.05) is 18.2 Å². The second-order valence-electron chi connectivity index (χ2n) is 4.71. The molecular formula is C16H11BrFNO. The van der Waals surface area contributed by atoms with Crippen molar-refractivity contribution in [2.45, 2.75) is 6.92 Å². The highest BCUT2D eigenvalue weighted by Crippen LogP contribution is 2.28. The first-order valence-corrected chi connectivity index (χ1v) is 6.93. The number of aryl methyl sites for hydroxylation is 1. The molecule has 0 unspecified atom stereocenters. The van der Waals surface area contributed by atoms with Crippen LogP contribution in [-0.4, -0.2) is 10.8 Å². The van der Waals surface area contributed by atoms with Crippen LogP contribution in [0.1, 0.15) is 21.5 Å². The van der Waals surface area contributed by atoms with Crippen molar-refractivity contribution in [1.82, 2.24) is 4.98 Å². The molecule has 2 nitrogen and oxygen atoms in total. The van der Waals surface area contributed by atoms with Gasteiger partial charge in [-0.1, -0.05) is 22.0 Å². The lowest BCUT2D eigenvalue weighted by Crippen LogP contribution is -2.02. The first-order chi connectivity index (χ1) is 9.56. The largest absolute Gasteiger partial charge is 0.360 e. The summed E-state index contributed by atoms with van der Waals surface area (Å²) in [5, 5.41) is 0.819. The molecule has 1 N–H and O–H groups in total. The van der Waals surface area contributed by atoms with Crippen LogP contribution < -0.4 is 0 Å². The van der Waals surface area contributed by atoms with Gasteiger partial charge in [-0.05, 0) is 42.8 Å². The van der Waals surface area contributed by atoms with Gasteiger partial charge in [-0.3, -0.25) is 4.79 Å². The summed E-state index contributed by atoms with van der Waals surface area (Å²) in [7, 11) is 0. The third-order valence-electron chi connectivity index (χ3n) is 3.20. The quantitative estimate of drug-likeness (QED) is 0.683. The van der Waals surface area contributed by atoms with E-state index in [9.17, 15) is 9.18 Å². The van der Waals surface area contributed by atoms with E-state index in [4.69, 9.17) is 0 Å².